The summed E-state index contributed by atoms with van der Waals surface area (Å²) >= 11 is 0. The lowest BCUT2D eigenvalue weighted by atomic mass is 10.0. The van der Waals surface area contributed by atoms with E-state index < -0.39 is 5.97 Å². The van der Waals surface area contributed by atoms with Crippen LogP contribution in [0.25, 0.3) is 0 Å². The van der Waals surface area contributed by atoms with E-state index in [1.54, 1.807) is 19.9 Å². The van der Waals surface area contributed by atoms with Gasteiger partial charge >= 0.3 is 5.97 Å². The highest BCUT2D eigenvalue weighted by molar-refractivity contribution is 5.95. The van der Waals surface area contributed by atoms with Crippen LogP contribution in [0.4, 0.5) is 0 Å². The molecule has 1 aromatic rings. The molecule has 1 aromatic carbocycles. The van der Waals surface area contributed by atoms with Crippen LogP contribution in [0, 0.1) is 13.8 Å². The Hall–Kier alpha value is -1.71. The van der Waals surface area contributed by atoms with Gasteiger partial charge in [-0.1, -0.05) is 19.8 Å². The van der Waals surface area contributed by atoms with Gasteiger partial charge in [-0.15, -0.1) is 0 Å². The molecule has 0 amide bonds. The largest absolute Gasteiger partial charge is 0.507 e. The van der Waals surface area contributed by atoms with Crippen LogP contribution in [-0.4, -0.2) is 24.8 Å². The molecule has 0 radical (unpaired) electrons. The number of ether oxygens (including phenoxy) is 2. The third-order valence-electron chi connectivity index (χ3n) is 3.10. The number of unbranched alkanes of at least 4 members (excludes halogenated alkanes) is 2. The van der Waals surface area contributed by atoms with Crippen molar-refractivity contribution in [1.82, 2.24) is 0 Å². The molecule has 0 saturated heterocycles. The highest BCUT2D eigenvalue weighted by atomic mass is 16.5. The number of aryl methyl sites for hydroxylation is 1. The second-order valence-corrected chi connectivity index (χ2v) is 4.59. The summed E-state index contributed by atoms with van der Waals surface area (Å²) in [6.07, 6.45) is 3.23. The second kappa shape index (κ2) is 7.02. The topological polar surface area (TPSA) is 55.8 Å². The molecule has 0 aliphatic carbocycles. The van der Waals surface area contributed by atoms with Gasteiger partial charge in [-0.2, -0.15) is 0 Å². The average Bonchev–Trinajstić information content (AvgIpc) is 2.39. The number of benzene rings is 1. The van der Waals surface area contributed by atoms with Crippen molar-refractivity contribution < 1.29 is 19.4 Å². The van der Waals surface area contributed by atoms with E-state index in [1.165, 1.54) is 7.11 Å². The quantitative estimate of drug-likeness (QED) is 0.633. The Labute approximate surface area is 114 Å². The summed E-state index contributed by atoms with van der Waals surface area (Å²) in [4.78, 5) is 11.6. The number of hydrogen-bond donors (Lipinski definition) is 1. The first-order chi connectivity index (χ1) is 9.02. The van der Waals surface area contributed by atoms with Crippen molar-refractivity contribution in [2.24, 2.45) is 0 Å². The fourth-order valence-corrected chi connectivity index (χ4v) is 1.91. The van der Waals surface area contributed by atoms with E-state index in [2.05, 4.69) is 11.7 Å². The molecule has 0 atom stereocenters. The lowest BCUT2D eigenvalue weighted by Crippen LogP contribution is -2.07. The number of aromatic hydroxyl groups is 1. The van der Waals surface area contributed by atoms with Crippen molar-refractivity contribution >= 4 is 5.97 Å². The van der Waals surface area contributed by atoms with Gasteiger partial charge in [0, 0.05) is 5.56 Å². The first kappa shape index (κ1) is 15.3. The molecule has 0 spiro atoms. The fourth-order valence-electron chi connectivity index (χ4n) is 1.91. The van der Waals surface area contributed by atoms with Crippen LogP contribution in [0.5, 0.6) is 11.5 Å². The predicted octanol–water partition coefficient (Wildman–Crippen LogP) is 3.36. The number of esters is 1. The molecule has 0 aromatic heterocycles. The van der Waals surface area contributed by atoms with Crippen LogP contribution in [0.1, 0.15) is 47.7 Å². The van der Waals surface area contributed by atoms with Gasteiger partial charge in [0.15, 0.2) is 0 Å². The van der Waals surface area contributed by atoms with Gasteiger partial charge in [-0.25, -0.2) is 4.79 Å². The van der Waals surface area contributed by atoms with E-state index in [0.717, 1.165) is 19.3 Å². The summed E-state index contributed by atoms with van der Waals surface area (Å²) in [5.74, 6) is 0.0340. The van der Waals surface area contributed by atoms with Gasteiger partial charge in [-0.05, 0) is 31.9 Å². The summed E-state index contributed by atoms with van der Waals surface area (Å²) in [6.45, 7) is 6.23. The lowest BCUT2D eigenvalue weighted by Gasteiger charge is -2.14. The van der Waals surface area contributed by atoms with Crippen molar-refractivity contribution in [3.63, 3.8) is 0 Å². The zero-order valence-corrected chi connectivity index (χ0v) is 12.1. The van der Waals surface area contributed by atoms with E-state index in [4.69, 9.17) is 4.74 Å². The minimum absolute atomic E-state index is 0.0580. The lowest BCUT2D eigenvalue weighted by molar-refractivity contribution is 0.0596. The monoisotopic (exact) mass is 266 g/mol. The number of phenolic OH excluding ortho intramolecular Hbond substituents is 1. The molecule has 0 heterocycles. The van der Waals surface area contributed by atoms with E-state index in [1.807, 2.05) is 0 Å². The third-order valence-corrected chi connectivity index (χ3v) is 3.10. The SMILES string of the molecule is CCCCCOc1cc(C)c(C(=O)OC)c(O)c1C. The fraction of sp³-hybridized carbons (Fsp3) is 0.533. The summed E-state index contributed by atoms with van der Waals surface area (Å²) in [7, 11) is 1.30. The number of phenols is 1. The molecule has 4 heteroatoms. The van der Waals surface area contributed by atoms with Gasteiger partial charge in [0.25, 0.3) is 0 Å². The number of hydrogen-bond acceptors (Lipinski definition) is 4. The Bertz CT molecular complexity index is 452. The minimum atomic E-state index is -0.532. The summed E-state index contributed by atoms with van der Waals surface area (Å²) in [5, 5.41) is 10.1. The van der Waals surface area contributed by atoms with Gasteiger partial charge < -0.3 is 14.6 Å². The van der Waals surface area contributed by atoms with Crippen molar-refractivity contribution in [2.75, 3.05) is 13.7 Å². The molecule has 0 saturated carbocycles. The standard InChI is InChI=1S/C15H22O4/c1-5-6-7-8-19-12-9-10(2)13(15(17)18-4)14(16)11(12)3/h9,16H,5-8H2,1-4H3. The smallest absolute Gasteiger partial charge is 0.341 e. The molecule has 0 fully saturated rings. The molecule has 1 N–H and O–H groups in total. The van der Waals surface area contributed by atoms with Gasteiger partial charge in [0.2, 0.25) is 0 Å². The van der Waals surface area contributed by atoms with Gasteiger partial charge in [0.1, 0.15) is 17.1 Å². The second-order valence-electron chi connectivity index (χ2n) is 4.59. The molecule has 1 rings (SSSR count). The van der Waals surface area contributed by atoms with Crippen molar-refractivity contribution in [3.8, 4) is 11.5 Å². The zero-order chi connectivity index (χ0) is 14.4. The van der Waals surface area contributed by atoms with Crippen LogP contribution in [0.3, 0.4) is 0 Å². The van der Waals surface area contributed by atoms with Crippen LogP contribution in [-0.2, 0) is 4.74 Å². The Balaban J connectivity index is 2.95. The van der Waals surface area contributed by atoms with E-state index in [-0.39, 0.29) is 11.3 Å². The molecule has 0 aliphatic rings. The van der Waals surface area contributed by atoms with Gasteiger partial charge in [0.05, 0.1) is 13.7 Å². The maximum absolute atomic E-state index is 11.6. The molecule has 4 nitrogen and oxygen atoms in total. The summed E-state index contributed by atoms with van der Waals surface area (Å²) < 4.78 is 10.3. The van der Waals surface area contributed by atoms with Crippen LogP contribution < -0.4 is 4.74 Å². The Morgan fingerprint density at radius 1 is 1.32 bits per heavy atom. The van der Waals surface area contributed by atoms with E-state index in [9.17, 15) is 9.90 Å². The summed E-state index contributed by atoms with van der Waals surface area (Å²) in [6, 6.07) is 1.77. The number of methoxy groups -OCH3 is 1. The van der Waals surface area contributed by atoms with Crippen LogP contribution in [0.2, 0.25) is 0 Å². The highest BCUT2D eigenvalue weighted by Crippen LogP contribution is 2.33. The van der Waals surface area contributed by atoms with Crippen molar-refractivity contribution in [2.45, 2.75) is 40.0 Å². The van der Waals surface area contributed by atoms with Crippen LogP contribution in [0.15, 0.2) is 6.07 Å². The third kappa shape index (κ3) is 3.63. The molecule has 0 bridgehead atoms. The van der Waals surface area contributed by atoms with Crippen molar-refractivity contribution in [1.29, 1.82) is 0 Å². The Morgan fingerprint density at radius 3 is 2.58 bits per heavy atom. The molecule has 19 heavy (non-hydrogen) atoms. The Morgan fingerprint density at radius 2 is 2.00 bits per heavy atom. The molecular formula is C15H22O4. The maximum atomic E-state index is 11.6. The maximum Gasteiger partial charge on any atom is 0.341 e. The van der Waals surface area contributed by atoms with Crippen LogP contribution >= 0.6 is 0 Å². The molecule has 106 valence electrons. The number of carbonyl (C=O) groups is 1. The first-order valence-electron chi connectivity index (χ1n) is 6.57. The van der Waals surface area contributed by atoms with E-state index in [0.29, 0.717) is 23.5 Å². The predicted molar refractivity (Wildman–Crippen MR) is 73.9 cm³/mol. The normalized spacial score (nSPS) is 10.3. The zero-order valence-electron chi connectivity index (χ0n) is 12.1. The molecule has 0 unspecified atom stereocenters. The van der Waals surface area contributed by atoms with Gasteiger partial charge in [-0.3, -0.25) is 0 Å². The van der Waals surface area contributed by atoms with Crippen molar-refractivity contribution in [3.05, 3.63) is 22.8 Å². The number of carbonyl (C=O) groups excluding carboxylic acids is 1. The number of rotatable bonds is 6. The van der Waals surface area contributed by atoms with E-state index >= 15 is 0 Å². The minimum Gasteiger partial charge on any atom is -0.507 e. The first-order valence-corrected chi connectivity index (χ1v) is 6.57. The Kier molecular flexibility index (Phi) is 5.67. The molecular weight excluding hydrogens is 244 g/mol. The average molecular weight is 266 g/mol. The highest BCUT2D eigenvalue weighted by Gasteiger charge is 2.19. The molecule has 0 aliphatic heterocycles. The summed E-state index contributed by atoms with van der Waals surface area (Å²) in [5.41, 5.74) is 1.43.